The van der Waals surface area contributed by atoms with Gasteiger partial charge in [0.15, 0.2) is 0 Å². The number of aliphatic hydroxyl groups is 1. The molecular formula is C8H13NO2S2. The largest absolute Gasteiger partial charge is 0.393 e. The fraction of sp³-hybridized carbons (Fsp3) is 0.750. The standard InChI is InChI=1S/C8H13NO2S2/c1-2-6(10)5-7(11)9-3-4-13-8(9)12/h6,10H,2-5H2,1H3/t6-/m1/s1. The van der Waals surface area contributed by atoms with Crippen molar-refractivity contribution < 1.29 is 9.90 Å². The van der Waals surface area contributed by atoms with E-state index in [0.29, 0.717) is 17.3 Å². The Kier molecular flexibility index (Phi) is 4.15. The Morgan fingerprint density at radius 3 is 3.00 bits per heavy atom. The minimum absolute atomic E-state index is 0.0515. The number of hydrogen-bond donors (Lipinski definition) is 1. The van der Waals surface area contributed by atoms with E-state index in [0.717, 1.165) is 5.75 Å². The van der Waals surface area contributed by atoms with Gasteiger partial charge >= 0.3 is 0 Å². The molecule has 5 heteroatoms. The quantitative estimate of drug-likeness (QED) is 0.719. The molecule has 0 aliphatic carbocycles. The maximum atomic E-state index is 11.5. The second-order valence-corrected chi connectivity index (χ2v) is 4.65. The molecule has 0 aromatic rings. The lowest BCUT2D eigenvalue weighted by atomic mass is 10.2. The monoisotopic (exact) mass is 219 g/mol. The van der Waals surface area contributed by atoms with E-state index in [-0.39, 0.29) is 12.3 Å². The van der Waals surface area contributed by atoms with Gasteiger partial charge in [-0.3, -0.25) is 9.69 Å². The van der Waals surface area contributed by atoms with Crippen molar-refractivity contribution in [2.75, 3.05) is 12.3 Å². The molecule has 1 aliphatic rings. The van der Waals surface area contributed by atoms with E-state index < -0.39 is 6.10 Å². The predicted octanol–water partition coefficient (Wildman–Crippen LogP) is 1.01. The van der Waals surface area contributed by atoms with Crippen molar-refractivity contribution in [2.45, 2.75) is 25.9 Å². The average Bonchev–Trinajstić information content (AvgIpc) is 2.51. The summed E-state index contributed by atoms with van der Waals surface area (Å²) < 4.78 is 0.647. The Bertz CT molecular complexity index is 220. The van der Waals surface area contributed by atoms with Crippen LogP contribution in [0.2, 0.25) is 0 Å². The van der Waals surface area contributed by atoms with Crippen molar-refractivity contribution in [1.29, 1.82) is 0 Å². The number of nitrogens with zero attached hydrogens (tertiary/aromatic N) is 1. The van der Waals surface area contributed by atoms with Gasteiger partial charge in [0.05, 0.1) is 12.5 Å². The van der Waals surface area contributed by atoms with Gasteiger partial charge in [-0.2, -0.15) is 0 Å². The van der Waals surface area contributed by atoms with Crippen LogP contribution in [0.15, 0.2) is 0 Å². The van der Waals surface area contributed by atoms with Crippen molar-refractivity contribution >= 4 is 34.2 Å². The molecular weight excluding hydrogens is 206 g/mol. The van der Waals surface area contributed by atoms with Gasteiger partial charge < -0.3 is 5.11 Å². The Balaban J connectivity index is 2.43. The Morgan fingerprint density at radius 2 is 2.54 bits per heavy atom. The molecule has 74 valence electrons. The van der Waals surface area contributed by atoms with Crippen LogP contribution in [0.1, 0.15) is 19.8 Å². The number of hydrogen-bond acceptors (Lipinski definition) is 4. The molecule has 0 unspecified atom stereocenters. The topological polar surface area (TPSA) is 40.5 Å². The van der Waals surface area contributed by atoms with E-state index in [1.165, 1.54) is 11.8 Å². The molecule has 1 amide bonds. The Morgan fingerprint density at radius 1 is 1.85 bits per heavy atom. The van der Waals surface area contributed by atoms with Crippen molar-refractivity contribution in [3.05, 3.63) is 0 Å². The summed E-state index contributed by atoms with van der Waals surface area (Å²) in [7, 11) is 0. The summed E-state index contributed by atoms with van der Waals surface area (Å²) in [5.74, 6) is 0.830. The number of rotatable bonds is 3. The van der Waals surface area contributed by atoms with Crippen molar-refractivity contribution in [3.63, 3.8) is 0 Å². The Labute approximate surface area is 87.5 Å². The number of thioether (sulfide) groups is 1. The minimum Gasteiger partial charge on any atom is -0.393 e. The summed E-state index contributed by atoms with van der Waals surface area (Å²) in [6.45, 7) is 2.55. The highest BCUT2D eigenvalue weighted by Gasteiger charge is 2.24. The van der Waals surface area contributed by atoms with Crippen LogP contribution < -0.4 is 0 Å². The molecule has 13 heavy (non-hydrogen) atoms. The summed E-state index contributed by atoms with van der Waals surface area (Å²) >= 11 is 6.52. The molecule has 0 radical (unpaired) electrons. The lowest BCUT2D eigenvalue weighted by Gasteiger charge is -2.16. The third-order valence-corrected chi connectivity index (χ3v) is 3.37. The highest BCUT2D eigenvalue weighted by Crippen LogP contribution is 2.19. The fourth-order valence-corrected chi connectivity index (χ4v) is 2.32. The molecule has 0 saturated carbocycles. The molecule has 0 aromatic carbocycles. The van der Waals surface area contributed by atoms with Crippen LogP contribution in [-0.2, 0) is 4.79 Å². The van der Waals surface area contributed by atoms with Crippen LogP contribution in [-0.4, -0.2) is 38.6 Å². The summed E-state index contributed by atoms with van der Waals surface area (Å²) in [5.41, 5.74) is 0. The van der Waals surface area contributed by atoms with Gasteiger partial charge in [-0.05, 0) is 6.42 Å². The van der Waals surface area contributed by atoms with Crippen LogP contribution >= 0.6 is 24.0 Å². The van der Waals surface area contributed by atoms with Crippen LogP contribution in [0, 0.1) is 0 Å². The zero-order valence-corrected chi connectivity index (χ0v) is 9.16. The van der Waals surface area contributed by atoms with Gasteiger partial charge in [0.25, 0.3) is 0 Å². The first kappa shape index (κ1) is 10.9. The normalized spacial score (nSPS) is 19.2. The average molecular weight is 219 g/mol. The molecule has 1 aliphatic heterocycles. The molecule has 3 nitrogen and oxygen atoms in total. The first-order valence-electron chi connectivity index (χ1n) is 4.30. The zero-order chi connectivity index (χ0) is 9.84. The summed E-state index contributed by atoms with van der Waals surface area (Å²) in [5, 5.41) is 9.28. The van der Waals surface area contributed by atoms with E-state index in [1.54, 1.807) is 4.90 Å². The van der Waals surface area contributed by atoms with Crippen LogP contribution in [0.3, 0.4) is 0 Å². The van der Waals surface area contributed by atoms with Gasteiger partial charge in [0.2, 0.25) is 5.91 Å². The maximum Gasteiger partial charge on any atom is 0.230 e. The number of carbonyl (C=O) groups is 1. The minimum atomic E-state index is -0.527. The van der Waals surface area contributed by atoms with Crippen molar-refractivity contribution in [2.24, 2.45) is 0 Å². The first-order valence-corrected chi connectivity index (χ1v) is 5.69. The molecule has 0 bridgehead atoms. The molecule has 0 spiro atoms. The highest BCUT2D eigenvalue weighted by atomic mass is 32.2. The third-order valence-electron chi connectivity index (χ3n) is 1.94. The second kappa shape index (κ2) is 4.93. The van der Waals surface area contributed by atoms with Gasteiger partial charge in [-0.15, -0.1) is 0 Å². The van der Waals surface area contributed by atoms with Crippen LogP contribution in [0.25, 0.3) is 0 Å². The molecule has 1 N–H and O–H groups in total. The molecule has 1 rings (SSSR count). The number of carbonyl (C=O) groups excluding carboxylic acids is 1. The van der Waals surface area contributed by atoms with Crippen LogP contribution in [0.5, 0.6) is 0 Å². The molecule has 1 atom stereocenters. The van der Waals surface area contributed by atoms with Crippen LogP contribution in [0.4, 0.5) is 0 Å². The molecule has 1 fully saturated rings. The van der Waals surface area contributed by atoms with Gasteiger partial charge in [-0.25, -0.2) is 0 Å². The smallest absolute Gasteiger partial charge is 0.230 e. The molecule has 0 aromatic heterocycles. The molecule has 1 heterocycles. The predicted molar refractivity (Wildman–Crippen MR) is 57.7 cm³/mol. The van der Waals surface area contributed by atoms with E-state index in [9.17, 15) is 9.90 Å². The third kappa shape index (κ3) is 2.93. The summed E-state index contributed by atoms with van der Waals surface area (Å²) in [6, 6.07) is 0. The van der Waals surface area contributed by atoms with Gasteiger partial charge in [0, 0.05) is 12.3 Å². The first-order chi connectivity index (χ1) is 6.15. The Hall–Kier alpha value is -0.130. The van der Waals surface area contributed by atoms with E-state index >= 15 is 0 Å². The van der Waals surface area contributed by atoms with Crippen molar-refractivity contribution in [1.82, 2.24) is 4.90 Å². The van der Waals surface area contributed by atoms with E-state index in [1.807, 2.05) is 6.92 Å². The fourth-order valence-electron chi connectivity index (χ4n) is 1.08. The lowest BCUT2D eigenvalue weighted by Crippen LogP contribution is -2.33. The number of amides is 1. The maximum absolute atomic E-state index is 11.5. The van der Waals surface area contributed by atoms with Gasteiger partial charge in [-0.1, -0.05) is 30.9 Å². The zero-order valence-electron chi connectivity index (χ0n) is 7.52. The van der Waals surface area contributed by atoms with Gasteiger partial charge in [0.1, 0.15) is 4.32 Å². The molecule has 1 saturated heterocycles. The lowest BCUT2D eigenvalue weighted by molar-refractivity contribution is -0.128. The second-order valence-electron chi connectivity index (χ2n) is 2.93. The number of thiocarbonyl (C=S) groups is 1. The number of aliphatic hydroxyl groups excluding tert-OH is 1. The van der Waals surface area contributed by atoms with Crippen molar-refractivity contribution in [3.8, 4) is 0 Å². The van der Waals surface area contributed by atoms with E-state index in [2.05, 4.69) is 0 Å². The van der Waals surface area contributed by atoms with E-state index in [4.69, 9.17) is 12.2 Å². The SMILES string of the molecule is CC[C@@H](O)CC(=O)N1CCSC1=S. The highest BCUT2D eigenvalue weighted by molar-refractivity contribution is 8.23. The summed E-state index contributed by atoms with van der Waals surface area (Å²) in [6.07, 6.45) is 0.275. The summed E-state index contributed by atoms with van der Waals surface area (Å²) in [4.78, 5) is 13.1.